The lowest BCUT2D eigenvalue weighted by atomic mass is 10.3. The van der Waals surface area contributed by atoms with Gasteiger partial charge in [0.25, 0.3) is 0 Å². The van der Waals surface area contributed by atoms with E-state index in [-0.39, 0.29) is 0 Å². The smallest absolute Gasteiger partial charge is 0.161 e. The molecule has 0 amide bonds. The Labute approximate surface area is 124 Å². The zero-order valence-electron chi connectivity index (χ0n) is 11.3. The fourth-order valence-corrected chi connectivity index (χ4v) is 1.89. The molecule has 0 radical (unpaired) electrons. The van der Waals surface area contributed by atoms with Crippen molar-refractivity contribution in [1.29, 1.82) is 0 Å². The molecule has 2 rings (SSSR count). The predicted octanol–water partition coefficient (Wildman–Crippen LogP) is 4.20. The second kappa shape index (κ2) is 7.65. The highest BCUT2D eigenvalue weighted by atomic mass is 35.5. The summed E-state index contributed by atoms with van der Waals surface area (Å²) in [7, 11) is 0. The molecule has 0 bridgehead atoms. The number of hydrogen-bond donors (Lipinski definition) is 0. The lowest BCUT2D eigenvalue weighted by Crippen LogP contribution is -2.09. The maximum absolute atomic E-state index is 5.88. The predicted molar refractivity (Wildman–Crippen MR) is 80.1 cm³/mol. The van der Waals surface area contributed by atoms with Crippen LogP contribution in [0.1, 0.15) is 6.92 Å². The van der Waals surface area contributed by atoms with Gasteiger partial charge in [0.1, 0.15) is 19.0 Å². The van der Waals surface area contributed by atoms with Crippen molar-refractivity contribution in [2.75, 3.05) is 19.8 Å². The van der Waals surface area contributed by atoms with E-state index in [4.69, 9.17) is 25.8 Å². The number of para-hydroxylation sites is 2. The quantitative estimate of drug-likeness (QED) is 0.716. The summed E-state index contributed by atoms with van der Waals surface area (Å²) in [6, 6.07) is 14.9. The van der Waals surface area contributed by atoms with Gasteiger partial charge in [0, 0.05) is 5.02 Å². The van der Waals surface area contributed by atoms with Crippen LogP contribution in [0.3, 0.4) is 0 Å². The van der Waals surface area contributed by atoms with Gasteiger partial charge in [-0.3, -0.25) is 0 Å². The molecule has 0 heterocycles. The van der Waals surface area contributed by atoms with Crippen molar-refractivity contribution in [3.63, 3.8) is 0 Å². The van der Waals surface area contributed by atoms with E-state index < -0.39 is 0 Å². The van der Waals surface area contributed by atoms with Gasteiger partial charge in [-0.1, -0.05) is 29.8 Å². The van der Waals surface area contributed by atoms with Crippen LogP contribution in [0.15, 0.2) is 48.5 Å². The molecule has 0 aliphatic carbocycles. The molecule has 3 nitrogen and oxygen atoms in total. The lowest BCUT2D eigenvalue weighted by molar-refractivity contribution is 0.208. The summed E-state index contributed by atoms with van der Waals surface area (Å²) in [6.07, 6.45) is 0. The minimum Gasteiger partial charge on any atom is -0.490 e. The maximum atomic E-state index is 5.88. The van der Waals surface area contributed by atoms with Crippen molar-refractivity contribution in [2.45, 2.75) is 6.92 Å². The summed E-state index contributed by atoms with van der Waals surface area (Å²) in [4.78, 5) is 0. The molecule has 0 unspecified atom stereocenters. The summed E-state index contributed by atoms with van der Waals surface area (Å²) < 4.78 is 16.7. The molecule has 0 spiro atoms. The molecule has 0 saturated carbocycles. The molecule has 4 heteroatoms. The molecule has 0 aliphatic rings. The fraction of sp³-hybridized carbons (Fsp3) is 0.250. The Balaban J connectivity index is 1.81. The SMILES string of the molecule is CCOc1ccccc1OCCOc1cccc(Cl)c1. The van der Waals surface area contributed by atoms with Gasteiger partial charge in [-0.15, -0.1) is 0 Å². The number of hydrogen-bond acceptors (Lipinski definition) is 3. The molecule has 2 aromatic carbocycles. The van der Waals surface area contributed by atoms with Gasteiger partial charge in [-0.05, 0) is 37.3 Å². The molecular formula is C16H17ClO3. The molecule has 0 saturated heterocycles. The first kappa shape index (κ1) is 14.5. The van der Waals surface area contributed by atoms with Crippen molar-refractivity contribution in [3.05, 3.63) is 53.6 Å². The Morgan fingerprint density at radius 1 is 0.850 bits per heavy atom. The molecular weight excluding hydrogens is 276 g/mol. The standard InChI is InChI=1S/C16H17ClO3/c1-2-18-15-8-3-4-9-16(15)20-11-10-19-14-7-5-6-13(17)12-14/h3-9,12H,2,10-11H2,1H3. The van der Waals surface area contributed by atoms with Gasteiger partial charge in [0.2, 0.25) is 0 Å². The second-order valence-corrected chi connectivity index (χ2v) is 4.47. The Morgan fingerprint density at radius 2 is 1.55 bits per heavy atom. The fourth-order valence-electron chi connectivity index (χ4n) is 1.71. The van der Waals surface area contributed by atoms with Crippen molar-refractivity contribution in [3.8, 4) is 17.2 Å². The zero-order valence-corrected chi connectivity index (χ0v) is 12.1. The summed E-state index contributed by atoms with van der Waals surface area (Å²) >= 11 is 5.88. The Bertz CT molecular complexity index is 543. The Kier molecular flexibility index (Phi) is 5.56. The zero-order chi connectivity index (χ0) is 14.2. The number of benzene rings is 2. The van der Waals surface area contributed by atoms with Crippen LogP contribution in [-0.4, -0.2) is 19.8 Å². The summed E-state index contributed by atoms with van der Waals surface area (Å²) in [6.45, 7) is 3.44. The molecule has 106 valence electrons. The maximum Gasteiger partial charge on any atom is 0.161 e. The van der Waals surface area contributed by atoms with Crippen LogP contribution >= 0.6 is 11.6 Å². The third-order valence-corrected chi connectivity index (χ3v) is 2.79. The molecule has 0 aliphatic heterocycles. The third-order valence-electron chi connectivity index (χ3n) is 2.55. The van der Waals surface area contributed by atoms with Crippen LogP contribution in [0.2, 0.25) is 5.02 Å². The van der Waals surface area contributed by atoms with Crippen LogP contribution in [0, 0.1) is 0 Å². The van der Waals surface area contributed by atoms with E-state index in [1.54, 1.807) is 6.07 Å². The number of rotatable bonds is 7. The van der Waals surface area contributed by atoms with E-state index in [1.165, 1.54) is 0 Å². The number of ether oxygens (including phenoxy) is 3. The van der Waals surface area contributed by atoms with Crippen molar-refractivity contribution in [1.82, 2.24) is 0 Å². The van der Waals surface area contributed by atoms with Gasteiger partial charge < -0.3 is 14.2 Å². The molecule has 0 fully saturated rings. The van der Waals surface area contributed by atoms with E-state index in [9.17, 15) is 0 Å². The summed E-state index contributed by atoms with van der Waals surface area (Å²) in [5, 5.41) is 0.658. The van der Waals surface area contributed by atoms with E-state index in [2.05, 4.69) is 0 Å². The molecule has 20 heavy (non-hydrogen) atoms. The highest BCUT2D eigenvalue weighted by Crippen LogP contribution is 2.26. The minimum atomic E-state index is 0.441. The summed E-state index contributed by atoms with van der Waals surface area (Å²) in [5.41, 5.74) is 0. The molecule has 2 aromatic rings. The van der Waals surface area contributed by atoms with Crippen LogP contribution < -0.4 is 14.2 Å². The van der Waals surface area contributed by atoms with Crippen LogP contribution in [0.4, 0.5) is 0 Å². The van der Waals surface area contributed by atoms with E-state index in [1.807, 2.05) is 49.4 Å². The summed E-state index contributed by atoms with van der Waals surface area (Å²) in [5.74, 6) is 2.21. The first-order valence-corrected chi connectivity index (χ1v) is 6.90. The minimum absolute atomic E-state index is 0.441. The Morgan fingerprint density at radius 3 is 2.25 bits per heavy atom. The van der Waals surface area contributed by atoms with Crippen molar-refractivity contribution in [2.24, 2.45) is 0 Å². The molecule has 0 N–H and O–H groups in total. The molecule has 0 aromatic heterocycles. The lowest BCUT2D eigenvalue weighted by Gasteiger charge is -2.12. The average molecular weight is 293 g/mol. The van der Waals surface area contributed by atoms with E-state index in [0.29, 0.717) is 24.8 Å². The molecule has 0 atom stereocenters. The first-order valence-electron chi connectivity index (χ1n) is 6.52. The van der Waals surface area contributed by atoms with Crippen LogP contribution in [0.5, 0.6) is 17.2 Å². The van der Waals surface area contributed by atoms with Gasteiger partial charge in [0.05, 0.1) is 6.61 Å². The topological polar surface area (TPSA) is 27.7 Å². The second-order valence-electron chi connectivity index (χ2n) is 4.03. The Hall–Kier alpha value is -1.87. The van der Waals surface area contributed by atoms with E-state index in [0.717, 1.165) is 17.2 Å². The average Bonchev–Trinajstić information content (AvgIpc) is 2.46. The van der Waals surface area contributed by atoms with E-state index >= 15 is 0 Å². The van der Waals surface area contributed by atoms with Gasteiger partial charge in [-0.2, -0.15) is 0 Å². The monoisotopic (exact) mass is 292 g/mol. The third kappa shape index (κ3) is 4.35. The van der Waals surface area contributed by atoms with Gasteiger partial charge in [-0.25, -0.2) is 0 Å². The van der Waals surface area contributed by atoms with Gasteiger partial charge in [0.15, 0.2) is 11.5 Å². The normalized spacial score (nSPS) is 10.1. The van der Waals surface area contributed by atoms with Crippen molar-refractivity contribution >= 4 is 11.6 Å². The highest BCUT2D eigenvalue weighted by molar-refractivity contribution is 6.30. The highest BCUT2D eigenvalue weighted by Gasteiger charge is 2.03. The van der Waals surface area contributed by atoms with Gasteiger partial charge >= 0.3 is 0 Å². The van der Waals surface area contributed by atoms with Crippen LogP contribution in [-0.2, 0) is 0 Å². The van der Waals surface area contributed by atoms with Crippen molar-refractivity contribution < 1.29 is 14.2 Å². The first-order chi connectivity index (χ1) is 9.79. The largest absolute Gasteiger partial charge is 0.490 e. The number of halogens is 1. The van der Waals surface area contributed by atoms with Crippen LogP contribution in [0.25, 0.3) is 0 Å².